The molecule has 7 heteroatoms. The van der Waals surface area contributed by atoms with Crippen LogP contribution in [0.4, 0.5) is 5.69 Å². The molecule has 1 aliphatic heterocycles. The highest BCUT2D eigenvalue weighted by Gasteiger charge is 2.20. The van der Waals surface area contributed by atoms with Gasteiger partial charge in [0.25, 0.3) is 0 Å². The highest BCUT2D eigenvalue weighted by molar-refractivity contribution is 7.98. The van der Waals surface area contributed by atoms with Crippen molar-refractivity contribution >= 4 is 41.5 Å². The molecule has 2 aromatic carbocycles. The Morgan fingerprint density at radius 1 is 1.34 bits per heavy atom. The fourth-order valence-electron chi connectivity index (χ4n) is 3.34. The van der Waals surface area contributed by atoms with E-state index in [0.29, 0.717) is 5.02 Å². The van der Waals surface area contributed by atoms with Crippen LogP contribution in [0.1, 0.15) is 23.6 Å². The molecule has 0 unspecified atom stereocenters. The second kappa shape index (κ2) is 10.1. The van der Waals surface area contributed by atoms with E-state index in [1.165, 1.54) is 23.1 Å². The number of likely N-dealkylation sites (N-methyl/N-ethyl adjacent to an activating group) is 1. The summed E-state index contributed by atoms with van der Waals surface area (Å²) in [5.74, 6) is -0.0750. The van der Waals surface area contributed by atoms with Crippen LogP contribution in [0.2, 0.25) is 5.02 Å². The normalized spacial score (nSPS) is 14.1. The van der Waals surface area contributed by atoms with Gasteiger partial charge < -0.3 is 10.2 Å². The molecule has 1 N–H and O–H groups in total. The summed E-state index contributed by atoms with van der Waals surface area (Å²) in [4.78, 5) is 18.0. The van der Waals surface area contributed by atoms with E-state index >= 15 is 0 Å². The Morgan fingerprint density at radius 2 is 2.14 bits per heavy atom. The van der Waals surface area contributed by atoms with E-state index in [1.54, 1.807) is 12.4 Å². The molecule has 0 radical (unpaired) electrons. The van der Waals surface area contributed by atoms with Gasteiger partial charge in [-0.2, -0.15) is 0 Å². The van der Waals surface area contributed by atoms with Gasteiger partial charge in [0.2, 0.25) is 5.91 Å². The lowest BCUT2D eigenvalue weighted by Crippen LogP contribution is -2.30. The molecule has 0 fully saturated rings. The van der Waals surface area contributed by atoms with Crippen molar-refractivity contribution in [1.29, 1.82) is 0 Å². The Kier molecular flexibility index (Phi) is 7.58. The number of halogens is 1. The molecule has 1 aliphatic rings. The van der Waals surface area contributed by atoms with Crippen molar-refractivity contribution in [3.8, 4) is 0 Å². The molecule has 1 amide bonds. The van der Waals surface area contributed by atoms with Gasteiger partial charge in [0.05, 0.1) is 12.8 Å². The molecule has 29 heavy (non-hydrogen) atoms. The van der Waals surface area contributed by atoms with Crippen LogP contribution in [0.25, 0.3) is 0 Å². The Morgan fingerprint density at radius 3 is 2.86 bits per heavy atom. The summed E-state index contributed by atoms with van der Waals surface area (Å²) in [6.45, 7) is 5.14. The number of nitrogens with one attached hydrogen (secondary N) is 1. The van der Waals surface area contributed by atoms with Crippen molar-refractivity contribution < 1.29 is 4.79 Å². The number of amides is 1. The topological polar surface area (TPSA) is 47.9 Å². The average Bonchev–Trinajstić information content (AvgIpc) is 2.69. The SMILES string of the molecule is CCN1CCc2c(cc(NC(=O)Cc3ccccc3Cl)cc2SN=CN(C)C)C1. The number of fused-ring (bicyclic) bond motifs is 1. The van der Waals surface area contributed by atoms with Gasteiger partial charge in [0.1, 0.15) is 0 Å². The fourth-order valence-corrected chi connectivity index (χ4v) is 4.41. The van der Waals surface area contributed by atoms with E-state index < -0.39 is 0 Å². The van der Waals surface area contributed by atoms with Crippen LogP contribution < -0.4 is 5.32 Å². The molecule has 0 spiro atoms. The molecular weight excluding hydrogens is 404 g/mol. The van der Waals surface area contributed by atoms with Crippen LogP contribution >= 0.6 is 23.5 Å². The zero-order valence-corrected chi connectivity index (χ0v) is 18.7. The smallest absolute Gasteiger partial charge is 0.228 e. The van der Waals surface area contributed by atoms with E-state index in [1.807, 2.05) is 43.3 Å². The number of nitrogens with zero attached hydrogens (tertiary/aromatic N) is 3. The predicted molar refractivity (Wildman–Crippen MR) is 123 cm³/mol. The maximum atomic E-state index is 12.6. The molecule has 0 aliphatic carbocycles. The molecule has 5 nitrogen and oxygen atoms in total. The lowest BCUT2D eigenvalue weighted by molar-refractivity contribution is -0.115. The summed E-state index contributed by atoms with van der Waals surface area (Å²) in [6, 6.07) is 11.6. The first kappa shape index (κ1) is 21.7. The minimum Gasteiger partial charge on any atom is -0.368 e. The molecule has 3 rings (SSSR count). The third-order valence-corrected chi connectivity index (χ3v) is 5.97. The molecule has 0 atom stereocenters. The Labute approximate surface area is 182 Å². The van der Waals surface area contributed by atoms with Crippen molar-refractivity contribution in [2.45, 2.75) is 31.2 Å². The zero-order valence-electron chi connectivity index (χ0n) is 17.1. The van der Waals surface area contributed by atoms with E-state index in [2.05, 4.69) is 27.6 Å². The monoisotopic (exact) mass is 430 g/mol. The van der Waals surface area contributed by atoms with Gasteiger partial charge in [-0.25, -0.2) is 4.40 Å². The Balaban J connectivity index is 1.82. The molecular formula is C22H27ClN4OS. The summed E-state index contributed by atoms with van der Waals surface area (Å²) in [7, 11) is 3.90. The summed E-state index contributed by atoms with van der Waals surface area (Å²) in [6.07, 6.45) is 3.04. The molecule has 0 saturated heterocycles. The highest BCUT2D eigenvalue weighted by atomic mass is 35.5. The van der Waals surface area contributed by atoms with Gasteiger partial charge in [-0.05, 0) is 47.9 Å². The quantitative estimate of drug-likeness (QED) is 0.399. The third-order valence-electron chi connectivity index (χ3n) is 4.84. The zero-order chi connectivity index (χ0) is 20.8. The number of carbonyl (C=O) groups is 1. The summed E-state index contributed by atoms with van der Waals surface area (Å²) in [5, 5.41) is 3.66. The summed E-state index contributed by atoms with van der Waals surface area (Å²) < 4.78 is 4.46. The molecule has 0 aromatic heterocycles. The van der Waals surface area contributed by atoms with Crippen LogP contribution in [0.5, 0.6) is 0 Å². The van der Waals surface area contributed by atoms with Crippen molar-refractivity contribution in [3.05, 3.63) is 58.1 Å². The van der Waals surface area contributed by atoms with Crippen LogP contribution in [-0.4, -0.2) is 49.2 Å². The lowest BCUT2D eigenvalue weighted by atomic mass is 9.98. The van der Waals surface area contributed by atoms with Crippen molar-refractivity contribution in [2.75, 3.05) is 32.5 Å². The fraction of sp³-hybridized carbons (Fsp3) is 0.364. The van der Waals surface area contributed by atoms with Gasteiger partial charge in [-0.15, -0.1) is 0 Å². The number of anilines is 1. The minimum atomic E-state index is -0.0750. The largest absolute Gasteiger partial charge is 0.368 e. The van der Waals surface area contributed by atoms with Crippen LogP contribution in [0.3, 0.4) is 0 Å². The second-order valence-electron chi connectivity index (χ2n) is 7.32. The van der Waals surface area contributed by atoms with Crippen LogP contribution in [0.15, 0.2) is 45.7 Å². The maximum Gasteiger partial charge on any atom is 0.228 e. The van der Waals surface area contributed by atoms with Crippen molar-refractivity contribution in [2.24, 2.45) is 4.40 Å². The molecule has 0 bridgehead atoms. The Bertz CT molecular complexity index is 900. The minimum absolute atomic E-state index is 0.0750. The van der Waals surface area contributed by atoms with E-state index in [9.17, 15) is 4.79 Å². The van der Waals surface area contributed by atoms with Gasteiger partial charge >= 0.3 is 0 Å². The van der Waals surface area contributed by atoms with Crippen LogP contribution in [0, 0.1) is 0 Å². The van der Waals surface area contributed by atoms with Crippen molar-refractivity contribution in [1.82, 2.24) is 9.80 Å². The number of benzene rings is 2. The van der Waals surface area contributed by atoms with Gasteiger partial charge in [0, 0.05) is 54.7 Å². The number of rotatable bonds is 7. The number of hydrogen-bond donors (Lipinski definition) is 1. The molecule has 1 heterocycles. The summed E-state index contributed by atoms with van der Waals surface area (Å²) in [5.41, 5.74) is 4.23. The third kappa shape index (κ3) is 5.98. The number of hydrogen-bond acceptors (Lipinski definition) is 4. The molecule has 154 valence electrons. The second-order valence-corrected chi connectivity index (χ2v) is 8.56. The predicted octanol–water partition coefficient (Wildman–Crippen LogP) is 4.50. The maximum absolute atomic E-state index is 12.6. The van der Waals surface area contributed by atoms with Gasteiger partial charge in [0.15, 0.2) is 0 Å². The van der Waals surface area contributed by atoms with Gasteiger partial charge in [-0.1, -0.05) is 36.7 Å². The first-order valence-corrected chi connectivity index (χ1v) is 10.9. The molecule has 0 saturated carbocycles. The highest BCUT2D eigenvalue weighted by Crippen LogP contribution is 2.33. The van der Waals surface area contributed by atoms with E-state index in [4.69, 9.17) is 11.6 Å². The number of carbonyl (C=O) groups excluding carboxylic acids is 1. The lowest BCUT2D eigenvalue weighted by Gasteiger charge is -2.29. The van der Waals surface area contributed by atoms with E-state index in [0.717, 1.165) is 42.2 Å². The molecule has 2 aromatic rings. The average molecular weight is 431 g/mol. The Hall–Kier alpha value is -2.02. The van der Waals surface area contributed by atoms with E-state index in [-0.39, 0.29) is 12.3 Å². The first-order valence-electron chi connectivity index (χ1n) is 9.74. The van der Waals surface area contributed by atoms with Crippen molar-refractivity contribution in [3.63, 3.8) is 0 Å². The first-order chi connectivity index (χ1) is 14.0. The van der Waals surface area contributed by atoms with Crippen LogP contribution in [-0.2, 0) is 24.2 Å². The van der Waals surface area contributed by atoms with Gasteiger partial charge in [-0.3, -0.25) is 9.69 Å². The summed E-state index contributed by atoms with van der Waals surface area (Å²) >= 11 is 7.65. The standard InChI is InChI=1S/C22H27ClN4OS/c1-4-27-10-9-19-17(14-27)11-18(13-21(19)29-24-15-26(2)3)25-22(28)12-16-7-5-6-8-20(16)23/h5-8,11,13,15H,4,9-10,12,14H2,1-3H3,(H,25,28).